The normalized spacial score (nSPS) is 22.9. The van der Waals surface area contributed by atoms with E-state index in [1.165, 1.54) is 6.26 Å². The Balaban J connectivity index is 1.56. The molecule has 27 heavy (non-hydrogen) atoms. The third-order valence-corrected chi connectivity index (χ3v) is 5.88. The first-order valence-electron chi connectivity index (χ1n) is 9.62. The molecule has 0 radical (unpaired) electrons. The van der Waals surface area contributed by atoms with Gasteiger partial charge >= 0.3 is 0 Å². The Labute approximate surface area is 159 Å². The number of carbonyl (C=O) groups is 2. The monoisotopic (exact) mass is 367 g/mol. The molecule has 2 fully saturated rings. The maximum Gasteiger partial charge on any atom is 0.259 e. The van der Waals surface area contributed by atoms with E-state index in [4.69, 9.17) is 4.52 Å². The molecule has 1 aromatic heterocycles. The Morgan fingerprint density at radius 1 is 1.19 bits per heavy atom. The van der Waals surface area contributed by atoms with Crippen LogP contribution in [0, 0.1) is 5.41 Å². The van der Waals surface area contributed by atoms with Gasteiger partial charge in [-0.05, 0) is 33.1 Å². The van der Waals surface area contributed by atoms with Crippen LogP contribution in [0.3, 0.4) is 0 Å². The van der Waals surface area contributed by atoms with E-state index in [1.54, 1.807) is 4.90 Å². The summed E-state index contributed by atoms with van der Waals surface area (Å²) in [5.74, 6) is 0.0918. The second-order valence-corrected chi connectivity index (χ2v) is 7.90. The lowest BCUT2D eigenvalue weighted by Gasteiger charge is -2.41. The second kappa shape index (κ2) is 6.83. The Bertz CT molecular complexity index is 845. The molecule has 2 saturated heterocycles. The van der Waals surface area contributed by atoms with Crippen LogP contribution in [0.5, 0.6) is 0 Å². The van der Waals surface area contributed by atoms with Gasteiger partial charge in [-0.15, -0.1) is 0 Å². The molecule has 2 aromatic rings. The van der Waals surface area contributed by atoms with Crippen molar-refractivity contribution in [2.45, 2.75) is 39.2 Å². The van der Waals surface area contributed by atoms with Gasteiger partial charge in [0.2, 0.25) is 5.91 Å². The van der Waals surface area contributed by atoms with Crippen molar-refractivity contribution in [2.75, 3.05) is 19.6 Å². The molecule has 2 aliphatic heterocycles. The largest absolute Gasteiger partial charge is 0.363 e. The van der Waals surface area contributed by atoms with E-state index in [0.717, 1.165) is 31.4 Å². The van der Waals surface area contributed by atoms with Gasteiger partial charge in [-0.3, -0.25) is 9.59 Å². The van der Waals surface area contributed by atoms with Gasteiger partial charge in [-0.2, -0.15) is 0 Å². The zero-order chi connectivity index (χ0) is 19.0. The summed E-state index contributed by atoms with van der Waals surface area (Å²) < 4.78 is 5.11. The van der Waals surface area contributed by atoms with Crippen LogP contribution >= 0.6 is 0 Å². The van der Waals surface area contributed by atoms with Gasteiger partial charge in [0.15, 0.2) is 0 Å². The molecular weight excluding hydrogens is 342 g/mol. The van der Waals surface area contributed by atoms with Gasteiger partial charge in [-0.1, -0.05) is 35.5 Å². The number of hydrogen-bond donors (Lipinski definition) is 0. The molecule has 3 heterocycles. The van der Waals surface area contributed by atoms with Crippen LogP contribution in [0.4, 0.5) is 0 Å². The number of hydrogen-bond acceptors (Lipinski definition) is 4. The molecule has 1 spiro atoms. The number of carbonyl (C=O) groups excluding carboxylic acids is 2. The molecule has 4 rings (SSSR count). The molecule has 0 aliphatic carbocycles. The third kappa shape index (κ3) is 3.03. The van der Waals surface area contributed by atoms with Gasteiger partial charge in [-0.25, -0.2) is 0 Å². The lowest BCUT2D eigenvalue weighted by molar-refractivity contribution is -0.147. The number of rotatable bonds is 3. The first-order valence-corrected chi connectivity index (χ1v) is 9.62. The minimum Gasteiger partial charge on any atom is -0.363 e. The quantitative estimate of drug-likeness (QED) is 0.835. The minimum atomic E-state index is -0.428. The van der Waals surface area contributed by atoms with E-state index in [2.05, 4.69) is 19.0 Å². The van der Waals surface area contributed by atoms with Crippen molar-refractivity contribution < 1.29 is 14.1 Å². The van der Waals surface area contributed by atoms with Crippen molar-refractivity contribution in [3.8, 4) is 11.3 Å². The highest BCUT2D eigenvalue weighted by atomic mass is 16.5. The summed E-state index contributed by atoms with van der Waals surface area (Å²) in [6.07, 6.45) is 3.99. The molecule has 142 valence electrons. The van der Waals surface area contributed by atoms with Crippen LogP contribution in [0.2, 0.25) is 0 Å². The average Bonchev–Trinajstić information content (AvgIpc) is 3.32. The molecule has 6 nitrogen and oxygen atoms in total. The lowest BCUT2D eigenvalue weighted by atomic mass is 9.78. The topological polar surface area (TPSA) is 66.7 Å². The molecule has 1 aromatic carbocycles. The molecular formula is C21H25N3O3. The molecule has 0 bridgehead atoms. The highest BCUT2D eigenvalue weighted by Crippen LogP contribution is 2.41. The summed E-state index contributed by atoms with van der Waals surface area (Å²) in [6.45, 7) is 6.00. The minimum absolute atomic E-state index is 0.110. The summed E-state index contributed by atoms with van der Waals surface area (Å²) in [6, 6.07) is 9.75. The highest BCUT2D eigenvalue weighted by Gasteiger charge is 2.50. The predicted octanol–water partition coefficient (Wildman–Crippen LogP) is 3.20. The number of nitrogens with zero attached hydrogens (tertiary/aromatic N) is 3. The summed E-state index contributed by atoms with van der Waals surface area (Å²) in [5, 5.41) is 4.04. The van der Waals surface area contributed by atoms with Crippen LogP contribution in [0.15, 0.2) is 41.1 Å². The number of benzene rings is 1. The van der Waals surface area contributed by atoms with Crippen molar-refractivity contribution in [3.63, 3.8) is 0 Å². The average molecular weight is 367 g/mol. The van der Waals surface area contributed by atoms with E-state index in [0.29, 0.717) is 24.3 Å². The number of amides is 2. The van der Waals surface area contributed by atoms with E-state index in [1.807, 2.05) is 35.2 Å². The van der Waals surface area contributed by atoms with Gasteiger partial charge in [0, 0.05) is 31.2 Å². The van der Waals surface area contributed by atoms with Crippen molar-refractivity contribution in [1.82, 2.24) is 15.0 Å². The third-order valence-electron chi connectivity index (χ3n) is 5.88. The molecule has 1 atom stereocenters. The van der Waals surface area contributed by atoms with E-state index >= 15 is 0 Å². The number of aromatic nitrogens is 1. The molecule has 0 N–H and O–H groups in total. The van der Waals surface area contributed by atoms with Gasteiger partial charge in [0.1, 0.15) is 17.5 Å². The van der Waals surface area contributed by atoms with Crippen LogP contribution in [-0.4, -0.2) is 52.4 Å². The van der Waals surface area contributed by atoms with E-state index in [-0.39, 0.29) is 17.9 Å². The van der Waals surface area contributed by atoms with Crippen molar-refractivity contribution in [1.29, 1.82) is 0 Å². The fourth-order valence-electron chi connectivity index (χ4n) is 4.38. The molecule has 6 heteroatoms. The standard InChI is InChI=1S/C21H25N3O3/c1-15(2)24-11-6-9-21(20(24)26)10-12-23(14-21)19(25)17-13-27-22-18(17)16-7-4-3-5-8-16/h3-5,7-8,13,15H,6,9-12,14H2,1-2H3/t21-/m1/s1. The smallest absolute Gasteiger partial charge is 0.259 e. The van der Waals surface area contributed by atoms with Crippen molar-refractivity contribution in [2.24, 2.45) is 5.41 Å². The molecule has 2 amide bonds. The van der Waals surface area contributed by atoms with Crippen LogP contribution in [-0.2, 0) is 4.79 Å². The van der Waals surface area contributed by atoms with Gasteiger partial charge in [0.25, 0.3) is 5.91 Å². The Morgan fingerprint density at radius 3 is 2.70 bits per heavy atom. The predicted molar refractivity (Wildman–Crippen MR) is 101 cm³/mol. The molecule has 0 unspecified atom stereocenters. The van der Waals surface area contributed by atoms with Crippen LogP contribution < -0.4 is 0 Å². The first kappa shape index (κ1) is 17.8. The summed E-state index contributed by atoms with van der Waals surface area (Å²) in [7, 11) is 0. The highest BCUT2D eigenvalue weighted by molar-refractivity contribution is 6.00. The van der Waals surface area contributed by atoms with Gasteiger partial charge < -0.3 is 14.3 Å². The number of likely N-dealkylation sites (tertiary alicyclic amines) is 2. The fraction of sp³-hybridized carbons (Fsp3) is 0.476. The maximum absolute atomic E-state index is 13.2. The fourth-order valence-corrected chi connectivity index (χ4v) is 4.38. The van der Waals surface area contributed by atoms with Crippen LogP contribution in [0.1, 0.15) is 43.5 Å². The SMILES string of the molecule is CC(C)N1CCC[C@]2(CCN(C(=O)c3conc3-c3ccccc3)C2)C1=O. The maximum atomic E-state index is 13.2. The molecule has 2 aliphatic rings. The molecule has 0 saturated carbocycles. The summed E-state index contributed by atoms with van der Waals surface area (Å²) >= 11 is 0. The Morgan fingerprint density at radius 2 is 1.96 bits per heavy atom. The Kier molecular flexibility index (Phi) is 4.50. The van der Waals surface area contributed by atoms with Crippen molar-refractivity contribution in [3.05, 3.63) is 42.2 Å². The second-order valence-electron chi connectivity index (χ2n) is 7.90. The zero-order valence-corrected chi connectivity index (χ0v) is 15.9. The lowest BCUT2D eigenvalue weighted by Crippen LogP contribution is -2.52. The summed E-state index contributed by atoms with van der Waals surface area (Å²) in [5.41, 5.74) is 1.44. The van der Waals surface area contributed by atoms with Crippen molar-refractivity contribution >= 4 is 11.8 Å². The van der Waals surface area contributed by atoms with E-state index in [9.17, 15) is 9.59 Å². The summed E-state index contributed by atoms with van der Waals surface area (Å²) in [4.78, 5) is 30.0. The first-order chi connectivity index (χ1) is 13.0. The Hall–Kier alpha value is -2.63. The number of piperidine rings is 1. The zero-order valence-electron chi connectivity index (χ0n) is 15.9. The van der Waals surface area contributed by atoms with Crippen LogP contribution in [0.25, 0.3) is 11.3 Å². The van der Waals surface area contributed by atoms with Gasteiger partial charge in [0.05, 0.1) is 5.41 Å². The van der Waals surface area contributed by atoms with E-state index < -0.39 is 5.41 Å².